The summed E-state index contributed by atoms with van der Waals surface area (Å²) < 4.78 is 26.7. The molecule has 90 heavy (non-hydrogen) atoms. The number of carbonyl (C=O) groups excluding carboxylic acids is 2. The smallest absolute Gasteiger partial charge is 0.352 e. The molecule has 4 aromatic heterocycles. The number of thioether (sulfide) groups is 2. The van der Waals surface area contributed by atoms with Crippen LogP contribution in [-0.2, 0) is 38.0 Å². The Bertz CT molecular complexity index is 4070. The van der Waals surface area contributed by atoms with E-state index < -0.39 is 40.8 Å². The highest BCUT2D eigenvalue weighted by Crippen LogP contribution is 2.44. The van der Waals surface area contributed by atoms with Crippen LogP contribution in [0.15, 0.2) is 250 Å². The highest BCUT2D eigenvalue weighted by molar-refractivity contribution is 8.01. The first-order valence-electron chi connectivity index (χ1n) is 28.5. The van der Waals surface area contributed by atoms with E-state index in [0.29, 0.717) is 32.7 Å². The van der Waals surface area contributed by atoms with Crippen molar-refractivity contribution in [1.29, 1.82) is 0 Å². The highest BCUT2D eigenvalue weighted by Gasteiger charge is 2.54. The van der Waals surface area contributed by atoms with Gasteiger partial charge in [-0.1, -0.05) is 179 Å². The quantitative estimate of drug-likeness (QED) is 0.00793. The van der Waals surface area contributed by atoms with Gasteiger partial charge in [-0.15, -0.1) is 34.9 Å². The number of carboxylic acids is 1. The van der Waals surface area contributed by atoms with Crippen molar-refractivity contribution in [2.45, 2.75) is 41.2 Å². The molecule has 12 rings (SSSR count). The molecule has 0 unspecified atom stereocenters. The molecule has 2 atom stereocenters. The number of carboxylic acid groups (broad SMARTS) is 1. The van der Waals surface area contributed by atoms with Crippen LogP contribution in [0.5, 0.6) is 17.2 Å². The average molecular weight is 1260 g/mol. The second kappa shape index (κ2) is 27.3. The Morgan fingerprint density at radius 3 is 2.02 bits per heavy atom. The fraction of sp³-hybridized carbons (Fsp3) is 0.147. The minimum atomic E-state index is -1.24. The molecule has 2 amide bonds. The molecule has 10 aromatic rings. The van der Waals surface area contributed by atoms with Gasteiger partial charge in [0.1, 0.15) is 46.8 Å². The summed E-state index contributed by atoms with van der Waals surface area (Å²) in [4.78, 5) is 55.0. The maximum atomic E-state index is 14.9. The van der Waals surface area contributed by atoms with E-state index in [-0.39, 0.29) is 59.0 Å². The summed E-state index contributed by atoms with van der Waals surface area (Å²) in [6, 6.07) is 62.4. The van der Waals surface area contributed by atoms with Gasteiger partial charge in [-0.25, -0.2) is 9.78 Å². The number of ether oxygens (including phenoxy) is 3. The Kier molecular flexibility index (Phi) is 18.2. The van der Waals surface area contributed by atoms with Crippen LogP contribution in [0.1, 0.15) is 50.9 Å². The number of nitrogens with zero attached hydrogens (tertiary/aromatic N) is 6. The monoisotopic (exact) mass is 1260 g/mol. The summed E-state index contributed by atoms with van der Waals surface area (Å²) in [6.45, 7) is -0.276. The second-order valence-electron chi connectivity index (χ2n) is 20.6. The number of aromatic nitrogens is 4. The molecule has 6 aromatic carbocycles. The molecule has 6 heterocycles. The number of aliphatic carboxylic acids is 1. The molecule has 1 fully saturated rings. The molecular formula is C68H58N9O10S3+. The minimum absolute atomic E-state index is 0.0607. The van der Waals surface area contributed by atoms with Gasteiger partial charge in [0, 0.05) is 40.0 Å². The molecule has 19 nitrogen and oxygen atoms in total. The van der Waals surface area contributed by atoms with Crippen LogP contribution in [0.2, 0.25) is 0 Å². The predicted molar refractivity (Wildman–Crippen MR) is 342 cm³/mol. The lowest BCUT2D eigenvalue weighted by Crippen LogP contribution is -2.71. The summed E-state index contributed by atoms with van der Waals surface area (Å²) in [5.41, 5.74) is 7.78. The van der Waals surface area contributed by atoms with Crippen molar-refractivity contribution in [3.05, 3.63) is 285 Å². The van der Waals surface area contributed by atoms with Crippen molar-refractivity contribution in [2.24, 2.45) is 5.16 Å². The molecule has 22 heteroatoms. The molecule has 2 aliphatic heterocycles. The van der Waals surface area contributed by atoms with Crippen molar-refractivity contribution >= 4 is 63.5 Å². The molecular weight excluding hydrogens is 1200 g/mol. The normalized spacial score (nSPS) is 14.7. The predicted octanol–water partition coefficient (Wildman–Crippen LogP) is 10.5. The van der Waals surface area contributed by atoms with E-state index in [9.17, 15) is 24.7 Å². The van der Waals surface area contributed by atoms with Gasteiger partial charge in [0.2, 0.25) is 30.0 Å². The molecule has 2 aliphatic rings. The van der Waals surface area contributed by atoms with E-state index >= 15 is 0 Å². The largest absolute Gasteiger partial charge is 0.618 e. The standard InChI is InChI=1S/C68H57N9O10S3/c1-69-75-34-32-53(33-35-75)88-41-47-42-89-65-60(64(79)77(65)61(47)66(80)81)71-63(78)59(55-43-90-67(70-55)72-68(48-22-12-5-13-23-48,49-24-14-6-15-25-49)50-26-16-7-17-27-50)74-85-40-52-36-54(73-87-52)56-37-57(58(38-76(56)82)84-39-44-28-30-51(83-2)31-29-44)86-62(45-18-8-3-9-19-45)46-20-10-4-11-21-46/h3-38,43,60,62,65,69H,39-42H2,1-2H3,(H2-,70,71,72,78,80,81)/p+1/b74-59-/t60-,65-/m1/s1. The van der Waals surface area contributed by atoms with Gasteiger partial charge in [0.15, 0.2) is 34.7 Å². The Balaban J connectivity index is 0.844. The summed E-state index contributed by atoms with van der Waals surface area (Å²) in [5.74, 6) is -0.792. The third-order valence-corrected chi connectivity index (χ3v) is 18.2. The lowest BCUT2D eigenvalue weighted by molar-refractivity contribution is -0.647. The molecule has 452 valence electrons. The van der Waals surface area contributed by atoms with Crippen molar-refractivity contribution in [2.75, 3.05) is 36.4 Å². The number of carbonyl (C=O) groups is 3. The van der Waals surface area contributed by atoms with Gasteiger partial charge >= 0.3 is 5.97 Å². The van der Waals surface area contributed by atoms with Crippen molar-refractivity contribution in [3.63, 3.8) is 0 Å². The van der Waals surface area contributed by atoms with E-state index in [4.69, 9.17) is 28.6 Å². The molecule has 0 spiro atoms. The fourth-order valence-electron chi connectivity index (χ4n) is 10.6. The number of β-lactam (4-membered cyclic amide) rings is 1. The molecule has 1 saturated heterocycles. The Hall–Kier alpha value is -10.4. The van der Waals surface area contributed by atoms with Gasteiger partial charge in [0.25, 0.3) is 11.8 Å². The van der Waals surface area contributed by atoms with Gasteiger partial charge < -0.3 is 44.5 Å². The van der Waals surface area contributed by atoms with E-state index in [1.807, 2.05) is 200 Å². The van der Waals surface area contributed by atoms with E-state index in [1.54, 1.807) is 30.3 Å². The van der Waals surface area contributed by atoms with Crippen LogP contribution in [0.4, 0.5) is 5.13 Å². The van der Waals surface area contributed by atoms with Crippen molar-refractivity contribution < 1.29 is 52.5 Å². The Morgan fingerprint density at radius 1 is 0.822 bits per heavy atom. The first kappa shape index (κ1) is 59.9. The fourth-order valence-corrected chi connectivity index (χ4v) is 13.7. The van der Waals surface area contributed by atoms with Crippen molar-refractivity contribution in [1.82, 2.24) is 20.4 Å². The van der Waals surface area contributed by atoms with Gasteiger partial charge in [-0.05, 0) is 51.1 Å². The molecule has 0 saturated carbocycles. The molecule has 0 bridgehead atoms. The number of nitrogens with one attached hydrogen (secondary N) is 3. The SMILES string of the molecule is CN[n+]1ccc(SCC2=C(C(=O)O)N3C(=O)[C@@H](NC(=O)/C(=N\OCc4cc(-c5cc(OC(c6ccccc6)c6ccccc6)c(OCc6ccc(OC)cc6)c[n+]5[O-])no4)c4csc(NC(c5ccccc5)(c5ccccc5)c5ccccc5)n4)[C@H]3SC2)cc1. The number of thiazole rings is 1. The zero-order chi connectivity index (χ0) is 62.0. The second-order valence-corrected chi connectivity index (χ2v) is 23.7. The van der Waals surface area contributed by atoms with Crippen LogP contribution >= 0.6 is 34.9 Å². The number of methoxy groups -OCH3 is 1. The van der Waals surface area contributed by atoms with E-state index in [1.165, 1.54) is 52.0 Å². The summed E-state index contributed by atoms with van der Waals surface area (Å²) >= 11 is 4.04. The summed E-state index contributed by atoms with van der Waals surface area (Å²) in [7, 11) is 3.39. The lowest BCUT2D eigenvalue weighted by Gasteiger charge is -2.49. The number of anilines is 1. The van der Waals surface area contributed by atoms with Crippen LogP contribution in [0.25, 0.3) is 11.4 Å². The molecule has 0 aliphatic carbocycles. The van der Waals surface area contributed by atoms with Crippen LogP contribution < -0.4 is 39.7 Å². The highest BCUT2D eigenvalue weighted by atomic mass is 32.2. The number of oxime groups is 1. The third-order valence-electron chi connectivity index (χ3n) is 15.1. The molecule has 4 N–H and O–H groups in total. The van der Waals surface area contributed by atoms with Crippen LogP contribution in [0.3, 0.4) is 0 Å². The van der Waals surface area contributed by atoms with Crippen LogP contribution in [0, 0.1) is 5.21 Å². The zero-order valence-corrected chi connectivity index (χ0v) is 50.9. The van der Waals surface area contributed by atoms with E-state index in [0.717, 1.165) is 38.3 Å². The number of rotatable bonds is 25. The topological polar surface area (TPSA) is 230 Å². The number of amides is 2. The Labute approximate surface area is 530 Å². The number of pyridine rings is 2. The number of benzene rings is 6. The number of hydrogen-bond donors (Lipinski definition) is 4. The molecule has 0 radical (unpaired) electrons. The Morgan fingerprint density at radius 2 is 1.43 bits per heavy atom. The number of hydrogen-bond acceptors (Lipinski definition) is 17. The van der Waals surface area contributed by atoms with Gasteiger partial charge in [-0.3, -0.25) is 14.5 Å². The van der Waals surface area contributed by atoms with Gasteiger partial charge in [-0.2, -0.15) is 10.2 Å². The summed E-state index contributed by atoms with van der Waals surface area (Å²) in [5, 5.41) is 41.2. The van der Waals surface area contributed by atoms with Crippen molar-refractivity contribution in [3.8, 4) is 28.6 Å². The average Bonchev–Trinajstić information content (AvgIpc) is 0.942. The first-order valence-corrected chi connectivity index (χ1v) is 31.4. The number of fused-ring (bicyclic) bond motifs is 1. The van der Waals surface area contributed by atoms with Crippen LogP contribution in [-0.4, -0.2) is 80.7 Å². The zero-order valence-electron chi connectivity index (χ0n) is 48.5. The van der Waals surface area contributed by atoms with E-state index in [2.05, 4.69) is 26.4 Å². The maximum Gasteiger partial charge on any atom is 0.352 e. The third kappa shape index (κ3) is 12.9. The minimum Gasteiger partial charge on any atom is -0.618 e. The maximum absolute atomic E-state index is 14.9. The summed E-state index contributed by atoms with van der Waals surface area (Å²) in [6.07, 6.45) is 4.37. The first-order chi connectivity index (χ1) is 44.1. The lowest BCUT2D eigenvalue weighted by atomic mass is 9.77. The van der Waals surface area contributed by atoms with Gasteiger partial charge in [0.05, 0.1) is 20.2 Å².